The Morgan fingerprint density at radius 3 is 2.18 bits per heavy atom. The van der Waals surface area contributed by atoms with Gasteiger partial charge in [0.1, 0.15) is 0 Å². The van der Waals surface area contributed by atoms with Gasteiger partial charge in [-0.1, -0.05) is 12.8 Å². The molecular formula is C8H14O3. The van der Waals surface area contributed by atoms with Gasteiger partial charge in [-0.3, -0.25) is 0 Å². The molecular weight excluding hydrogens is 144 g/mol. The zero-order valence-electron chi connectivity index (χ0n) is 6.67. The van der Waals surface area contributed by atoms with Crippen LogP contribution in [0.3, 0.4) is 0 Å². The van der Waals surface area contributed by atoms with Crippen molar-refractivity contribution in [1.29, 1.82) is 0 Å². The molecule has 0 atom stereocenters. The molecule has 0 amide bonds. The predicted octanol–water partition coefficient (Wildman–Crippen LogP) is 1.97. The summed E-state index contributed by atoms with van der Waals surface area (Å²) < 4.78 is 5.42. The van der Waals surface area contributed by atoms with Crippen molar-refractivity contribution in [1.82, 2.24) is 0 Å². The molecule has 3 nitrogen and oxygen atoms in total. The number of rotatable bonds is 0. The lowest BCUT2D eigenvalue weighted by atomic mass is 10.1. The van der Waals surface area contributed by atoms with Crippen molar-refractivity contribution in [2.75, 3.05) is 6.79 Å². The molecule has 0 aromatic heterocycles. The minimum atomic E-state index is -0.365. The summed E-state index contributed by atoms with van der Waals surface area (Å²) in [5.41, 5.74) is 0. The highest BCUT2D eigenvalue weighted by Gasteiger charge is 2.38. The minimum Gasteiger partial charge on any atom is -0.318 e. The monoisotopic (exact) mass is 158 g/mol. The normalized spacial score (nSPS) is 30.5. The van der Waals surface area contributed by atoms with Gasteiger partial charge >= 0.3 is 0 Å². The zero-order chi connectivity index (χ0) is 7.57. The van der Waals surface area contributed by atoms with Crippen LogP contribution in [0, 0.1) is 0 Å². The molecule has 1 aliphatic heterocycles. The van der Waals surface area contributed by atoms with Crippen LogP contribution in [0.5, 0.6) is 0 Å². The van der Waals surface area contributed by atoms with Gasteiger partial charge in [0, 0.05) is 12.8 Å². The molecule has 0 radical (unpaired) electrons. The van der Waals surface area contributed by atoms with Crippen molar-refractivity contribution in [3.63, 3.8) is 0 Å². The van der Waals surface area contributed by atoms with Crippen LogP contribution in [0.15, 0.2) is 0 Å². The lowest BCUT2D eigenvalue weighted by Gasteiger charge is -2.21. The Bertz CT molecular complexity index is 119. The standard InChI is InChI=1S/C8H14O3/c1-2-4-6-8(5-3-1)9-7-10-11-8/h1-7H2. The van der Waals surface area contributed by atoms with Crippen molar-refractivity contribution in [3.05, 3.63) is 0 Å². The first-order valence-corrected chi connectivity index (χ1v) is 4.36. The van der Waals surface area contributed by atoms with E-state index in [0.717, 1.165) is 12.8 Å². The molecule has 0 bridgehead atoms. The maximum Gasteiger partial charge on any atom is 0.204 e. The molecule has 1 saturated heterocycles. The van der Waals surface area contributed by atoms with E-state index in [1.165, 1.54) is 25.7 Å². The second kappa shape index (κ2) is 3.09. The van der Waals surface area contributed by atoms with Crippen LogP contribution in [0.2, 0.25) is 0 Å². The van der Waals surface area contributed by atoms with Crippen molar-refractivity contribution in [2.45, 2.75) is 44.3 Å². The third-order valence-corrected chi connectivity index (χ3v) is 2.45. The molecule has 64 valence electrons. The molecule has 11 heavy (non-hydrogen) atoms. The maximum atomic E-state index is 5.42. The summed E-state index contributed by atoms with van der Waals surface area (Å²) in [4.78, 5) is 9.91. The fourth-order valence-corrected chi connectivity index (χ4v) is 1.78. The Labute approximate surface area is 66.6 Å². The summed E-state index contributed by atoms with van der Waals surface area (Å²) in [6, 6.07) is 0. The van der Waals surface area contributed by atoms with E-state index in [4.69, 9.17) is 14.5 Å². The van der Waals surface area contributed by atoms with E-state index in [0.29, 0.717) is 6.79 Å². The number of hydrogen-bond acceptors (Lipinski definition) is 3. The Kier molecular flexibility index (Phi) is 2.11. The average Bonchev–Trinajstić information content (AvgIpc) is 2.32. The van der Waals surface area contributed by atoms with Gasteiger partial charge < -0.3 is 4.74 Å². The predicted molar refractivity (Wildman–Crippen MR) is 38.6 cm³/mol. The van der Waals surface area contributed by atoms with Crippen molar-refractivity contribution >= 4 is 0 Å². The lowest BCUT2D eigenvalue weighted by Crippen LogP contribution is -2.28. The van der Waals surface area contributed by atoms with Crippen LogP contribution < -0.4 is 0 Å². The van der Waals surface area contributed by atoms with Crippen LogP contribution in [0.25, 0.3) is 0 Å². The van der Waals surface area contributed by atoms with Gasteiger partial charge in [0.25, 0.3) is 0 Å². The van der Waals surface area contributed by atoms with Crippen LogP contribution >= 0.6 is 0 Å². The van der Waals surface area contributed by atoms with E-state index in [-0.39, 0.29) is 5.79 Å². The second-order valence-corrected chi connectivity index (χ2v) is 3.29. The van der Waals surface area contributed by atoms with Crippen LogP contribution in [-0.4, -0.2) is 12.6 Å². The van der Waals surface area contributed by atoms with E-state index in [1.807, 2.05) is 0 Å². The number of ether oxygens (including phenoxy) is 1. The topological polar surface area (TPSA) is 27.7 Å². The second-order valence-electron chi connectivity index (χ2n) is 3.29. The first-order valence-electron chi connectivity index (χ1n) is 4.36. The van der Waals surface area contributed by atoms with E-state index < -0.39 is 0 Å². The summed E-state index contributed by atoms with van der Waals surface area (Å²) in [5.74, 6) is -0.365. The SMILES string of the molecule is C1CCCC2(CC1)OCOO2. The first kappa shape index (κ1) is 7.53. The summed E-state index contributed by atoms with van der Waals surface area (Å²) in [6.07, 6.45) is 6.98. The first-order chi connectivity index (χ1) is 5.41. The van der Waals surface area contributed by atoms with Gasteiger partial charge in [-0.05, 0) is 12.8 Å². The van der Waals surface area contributed by atoms with Crippen molar-refractivity contribution in [3.8, 4) is 0 Å². The molecule has 3 heteroatoms. The van der Waals surface area contributed by atoms with Crippen LogP contribution in [0.4, 0.5) is 0 Å². The highest BCUT2D eigenvalue weighted by molar-refractivity contribution is 4.73. The number of hydrogen-bond donors (Lipinski definition) is 0. The van der Waals surface area contributed by atoms with Gasteiger partial charge in [0.15, 0.2) is 6.79 Å². The fourth-order valence-electron chi connectivity index (χ4n) is 1.78. The van der Waals surface area contributed by atoms with Gasteiger partial charge in [-0.15, -0.1) is 0 Å². The quantitative estimate of drug-likeness (QED) is 0.504. The van der Waals surface area contributed by atoms with Gasteiger partial charge in [-0.25, -0.2) is 4.89 Å². The van der Waals surface area contributed by atoms with Gasteiger partial charge in [0.05, 0.1) is 0 Å². The summed E-state index contributed by atoms with van der Waals surface area (Å²) in [7, 11) is 0. The maximum absolute atomic E-state index is 5.42. The molecule has 1 aliphatic carbocycles. The third kappa shape index (κ3) is 1.55. The smallest absolute Gasteiger partial charge is 0.204 e. The summed E-state index contributed by atoms with van der Waals surface area (Å²) in [5, 5.41) is 0. The Hall–Kier alpha value is -0.120. The summed E-state index contributed by atoms with van der Waals surface area (Å²) >= 11 is 0. The molecule has 0 aromatic carbocycles. The molecule has 2 rings (SSSR count). The van der Waals surface area contributed by atoms with Crippen LogP contribution in [-0.2, 0) is 14.5 Å². The molecule has 1 saturated carbocycles. The minimum absolute atomic E-state index is 0.306. The fraction of sp³-hybridized carbons (Fsp3) is 1.00. The van der Waals surface area contributed by atoms with Crippen molar-refractivity contribution < 1.29 is 14.5 Å². The van der Waals surface area contributed by atoms with E-state index in [1.54, 1.807) is 0 Å². The third-order valence-electron chi connectivity index (χ3n) is 2.45. The molecule has 2 aliphatic rings. The lowest BCUT2D eigenvalue weighted by molar-refractivity contribution is -0.324. The Balaban J connectivity index is 1.97. The molecule has 0 aromatic rings. The molecule has 1 spiro atoms. The molecule has 1 heterocycles. The van der Waals surface area contributed by atoms with E-state index in [2.05, 4.69) is 0 Å². The summed E-state index contributed by atoms with van der Waals surface area (Å²) in [6.45, 7) is 0.306. The van der Waals surface area contributed by atoms with Crippen molar-refractivity contribution in [2.24, 2.45) is 0 Å². The Morgan fingerprint density at radius 1 is 0.909 bits per heavy atom. The van der Waals surface area contributed by atoms with E-state index >= 15 is 0 Å². The molecule has 0 N–H and O–H groups in total. The van der Waals surface area contributed by atoms with Gasteiger partial charge in [0.2, 0.25) is 5.79 Å². The Morgan fingerprint density at radius 2 is 1.64 bits per heavy atom. The van der Waals surface area contributed by atoms with E-state index in [9.17, 15) is 0 Å². The largest absolute Gasteiger partial charge is 0.318 e. The zero-order valence-corrected chi connectivity index (χ0v) is 6.67. The highest BCUT2D eigenvalue weighted by Crippen LogP contribution is 2.34. The average molecular weight is 158 g/mol. The molecule has 2 fully saturated rings. The molecule has 0 unspecified atom stereocenters. The van der Waals surface area contributed by atoms with Crippen LogP contribution in [0.1, 0.15) is 38.5 Å². The van der Waals surface area contributed by atoms with Gasteiger partial charge in [-0.2, -0.15) is 4.89 Å². The highest BCUT2D eigenvalue weighted by atomic mass is 17.3.